The van der Waals surface area contributed by atoms with Gasteiger partial charge in [-0.15, -0.1) is 0 Å². The van der Waals surface area contributed by atoms with E-state index in [1.54, 1.807) is 15.4 Å². The molecule has 9 nitrogen and oxygen atoms in total. The van der Waals surface area contributed by atoms with E-state index in [-0.39, 0.29) is 11.7 Å². The Balaban J connectivity index is 1.68. The van der Waals surface area contributed by atoms with Crippen LogP contribution in [0.1, 0.15) is 36.4 Å². The number of pyridine rings is 2. The van der Waals surface area contributed by atoms with E-state index in [9.17, 15) is 4.79 Å². The zero-order valence-electron chi connectivity index (χ0n) is 20.3. The topological polar surface area (TPSA) is 91.0 Å². The quantitative estimate of drug-likeness (QED) is 0.417. The molecule has 4 aromatic heterocycles. The number of morpholine rings is 1. The van der Waals surface area contributed by atoms with Crippen LogP contribution in [0.4, 0.5) is 5.82 Å². The first-order chi connectivity index (χ1) is 16.9. The molecule has 35 heavy (non-hydrogen) atoms. The Morgan fingerprint density at radius 2 is 2.00 bits per heavy atom. The molecule has 0 aromatic carbocycles. The lowest BCUT2D eigenvalue weighted by molar-refractivity contribution is 0.0395. The van der Waals surface area contributed by atoms with E-state index in [1.807, 2.05) is 52.3 Å². The third kappa shape index (κ3) is 4.41. The highest BCUT2D eigenvalue weighted by molar-refractivity contribution is 6.30. The lowest BCUT2D eigenvalue weighted by atomic mass is 10.1. The van der Waals surface area contributed by atoms with Gasteiger partial charge >= 0.3 is 0 Å². The zero-order valence-corrected chi connectivity index (χ0v) is 21.1. The molecule has 5 rings (SSSR count). The van der Waals surface area contributed by atoms with Crippen molar-refractivity contribution in [1.29, 1.82) is 0 Å². The smallest absolute Gasteiger partial charge is 0.263 e. The highest BCUT2D eigenvalue weighted by atomic mass is 35.5. The number of hydrogen-bond donors (Lipinski definition) is 0. The predicted molar refractivity (Wildman–Crippen MR) is 136 cm³/mol. The molecule has 1 aliphatic rings. The number of aryl methyl sites for hydroxylation is 3. The first-order valence-electron chi connectivity index (χ1n) is 11.8. The summed E-state index contributed by atoms with van der Waals surface area (Å²) in [7, 11) is 1.89. The maximum absolute atomic E-state index is 13.6. The van der Waals surface area contributed by atoms with E-state index >= 15 is 0 Å². The van der Waals surface area contributed by atoms with Gasteiger partial charge in [0.2, 0.25) is 0 Å². The summed E-state index contributed by atoms with van der Waals surface area (Å²) in [5, 5.41) is 5.29. The Hall–Kier alpha value is -3.30. The van der Waals surface area contributed by atoms with Crippen molar-refractivity contribution in [2.45, 2.75) is 39.8 Å². The first kappa shape index (κ1) is 23.4. The van der Waals surface area contributed by atoms with Gasteiger partial charge in [-0.1, -0.05) is 18.5 Å². The summed E-state index contributed by atoms with van der Waals surface area (Å²) in [6.07, 6.45) is 6.09. The second kappa shape index (κ2) is 9.39. The summed E-state index contributed by atoms with van der Waals surface area (Å²) >= 11 is 6.18. The molecule has 0 radical (unpaired) electrons. The van der Waals surface area contributed by atoms with Gasteiger partial charge in [-0.25, -0.2) is 9.97 Å². The standard InChI is InChI=1S/C25H28ClN7O2/c1-5-6-33-16(3)29-19-10-21(32-7-8-35-20(14-32)17-11-28-31(4)13-17)30-24(22(19)25(33)34)23-15(2)9-18(26)12-27-23/h9-13,20H,5-8,14H2,1-4H3/t20-/m1/s1. The van der Waals surface area contributed by atoms with Gasteiger partial charge < -0.3 is 9.64 Å². The van der Waals surface area contributed by atoms with E-state index < -0.39 is 0 Å². The van der Waals surface area contributed by atoms with Crippen LogP contribution in [0, 0.1) is 13.8 Å². The predicted octanol–water partition coefficient (Wildman–Crippen LogP) is 3.85. The maximum atomic E-state index is 13.6. The lowest BCUT2D eigenvalue weighted by Crippen LogP contribution is -2.39. The highest BCUT2D eigenvalue weighted by Crippen LogP contribution is 2.32. The Morgan fingerprint density at radius 1 is 1.17 bits per heavy atom. The summed E-state index contributed by atoms with van der Waals surface area (Å²) in [4.78, 5) is 30.2. The summed E-state index contributed by atoms with van der Waals surface area (Å²) in [6.45, 7) is 8.27. The van der Waals surface area contributed by atoms with Crippen molar-refractivity contribution in [1.82, 2.24) is 29.3 Å². The zero-order chi connectivity index (χ0) is 24.7. The molecule has 0 spiro atoms. The molecule has 0 saturated carbocycles. The van der Waals surface area contributed by atoms with Crippen LogP contribution in [0.15, 0.2) is 35.5 Å². The van der Waals surface area contributed by atoms with Crippen LogP contribution in [-0.2, 0) is 18.3 Å². The minimum atomic E-state index is -0.124. The molecule has 1 aliphatic heterocycles. The number of fused-ring (bicyclic) bond motifs is 1. The van der Waals surface area contributed by atoms with Crippen molar-refractivity contribution in [2.75, 3.05) is 24.6 Å². The number of rotatable bonds is 5. The van der Waals surface area contributed by atoms with E-state index in [1.165, 1.54) is 0 Å². The Labute approximate surface area is 208 Å². The van der Waals surface area contributed by atoms with Crippen molar-refractivity contribution in [3.63, 3.8) is 0 Å². The van der Waals surface area contributed by atoms with Crippen molar-refractivity contribution >= 4 is 28.3 Å². The number of aromatic nitrogens is 6. The molecule has 182 valence electrons. The van der Waals surface area contributed by atoms with E-state index in [2.05, 4.69) is 15.0 Å². The monoisotopic (exact) mass is 493 g/mol. The second-order valence-electron chi connectivity index (χ2n) is 8.91. The minimum absolute atomic E-state index is 0.102. The van der Waals surface area contributed by atoms with Crippen molar-refractivity contribution in [2.24, 2.45) is 7.05 Å². The van der Waals surface area contributed by atoms with Crippen LogP contribution in [0.25, 0.3) is 22.3 Å². The average molecular weight is 494 g/mol. The molecular formula is C25H28ClN7O2. The summed E-state index contributed by atoms with van der Waals surface area (Å²) in [6, 6.07) is 3.74. The fourth-order valence-electron chi connectivity index (χ4n) is 4.61. The van der Waals surface area contributed by atoms with Gasteiger partial charge in [0.25, 0.3) is 5.56 Å². The van der Waals surface area contributed by atoms with Crippen LogP contribution in [0.2, 0.25) is 5.02 Å². The lowest BCUT2D eigenvalue weighted by Gasteiger charge is -2.33. The third-order valence-corrected chi connectivity index (χ3v) is 6.53. The molecule has 1 fully saturated rings. The number of ether oxygens (including phenoxy) is 1. The van der Waals surface area contributed by atoms with Crippen LogP contribution < -0.4 is 10.5 Å². The van der Waals surface area contributed by atoms with E-state index in [0.717, 1.165) is 23.4 Å². The molecule has 1 atom stereocenters. The second-order valence-corrected chi connectivity index (χ2v) is 9.35. The third-order valence-electron chi connectivity index (χ3n) is 6.32. The number of anilines is 1. The van der Waals surface area contributed by atoms with Gasteiger partial charge in [-0.3, -0.25) is 19.0 Å². The molecule has 1 saturated heterocycles. The summed E-state index contributed by atoms with van der Waals surface area (Å²) in [5.74, 6) is 1.42. The number of nitrogens with zero attached hydrogens (tertiary/aromatic N) is 7. The first-order valence-corrected chi connectivity index (χ1v) is 12.1. The van der Waals surface area contributed by atoms with Crippen LogP contribution in [-0.4, -0.2) is 49.0 Å². The largest absolute Gasteiger partial charge is 0.370 e. The van der Waals surface area contributed by atoms with Crippen LogP contribution in [0.5, 0.6) is 0 Å². The van der Waals surface area contributed by atoms with Gasteiger partial charge in [-0.05, 0) is 31.9 Å². The molecule has 10 heteroatoms. The van der Waals surface area contributed by atoms with Crippen molar-refractivity contribution in [3.8, 4) is 11.4 Å². The van der Waals surface area contributed by atoms with Gasteiger partial charge in [-0.2, -0.15) is 5.10 Å². The number of hydrogen-bond acceptors (Lipinski definition) is 7. The molecule has 0 bridgehead atoms. The van der Waals surface area contributed by atoms with Gasteiger partial charge in [0, 0.05) is 50.7 Å². The SMILES string of the molecule is CCCn1c(C)nc2cc(N3CCO[C@@H](c4cnn(C)c4)C3)nc(-c3ncc(Cl)cc3C)c2c1=O. The van der Waals surface area contributed by atoms with Crippen molar-refractivity contribution < 1.29 is 4.74 Å². The van der Waals surface area contributed by atoms with Gasteiger partial charge in [0.1, 0.15) is 23.4 Å². The fourth-order valence-corrected chi connectivity index (χ4v) is 4.82. The molecule has 0 aliphatic carbocycles. The van der Waals surface area contributed by atoms with E-state index in [4.69, 9.17) is 26.3 Å². The average Bonchev–Trinajstić information content (AvgIpc) is 3.27. The molecule has 0 N–H and O–H groups in total. The maximum Gasteiger partial charge on any atom is 0.263 e. The Bertz CT molecular complexity index is 1460. The van der Waals surface area contributed by atoms with Crippen LogP contribution >= 0.6 is 11.6 Å². The molecule has 4 aromatic rings. The molecule has 0 amide bonds. The van der Waals surface area contributed by atoms with Crippen molar-refractivity contribution in [3.05, 3.63) is 63.1 Å². The Morgan fingerprint density at radius 3 is 2.71 bits per heavy atom. The summed E-state index contributed by atoms with van der Waals surface area (Å²) < 4.78 is 9.51. The molecule has 0 unspecified atom stereocenters. The minimum Gasteiger partial charge on any atom is -0.370 e. The fraction of sp³-hybridized carbons (Fsp3) is 0.400. The van der Waals surface area contributed by atoms with E-state index in [0.29, 0.717) is 59.4 Å². The van der Waals surface area contributed by atoms with Gasteiger partial charge in [0.15, 0.2) is 0 Å². The van der Waals surface area contributed by atoms with Gasteiger partial charge in [0.05, 0.1) is 34.4 Å². The summed E-state index contributed by atoms with van der Waals surface area (Å²) in [5.41, 5.74) is 3.53. The Kier molecular flexibility index (Phi) is 6.29. The highest BCUT2D eigenvalue weighted by Gasteiger charge is 2.26. The number of halogens is 1. The molecular weight excluding hydrogens is 466 g/mol. The van der Waals surface area contributed by atoms with Crippen LogP contribution in [0.3, 0.4) is 0 Å². The molecule has 5 heterocycles. The normalized spacial score (nSPS) is 16.3.